The standard InChI is InChI=1S/C21H27NO5S2/c1-3-5-13-21(4-2)15-29(25,26)19-14-17(27-28(23)24)11-12-18(19)20(22-21)16-9-7-6-8-10-16/h6-12,14,20,22,28H,3-5,13,15H2,1-2H3/t20-,21-/m1/s1. The highest BCUT2D eigenvalue weighted by Crippen LogP contribution is 2.39. The lowest BCUT2D eigenvalue weighted by Gasteiger charge is -2.35. The molecule has 0 bridgehead atoms. The predicted molar refractivity (Wildman–Crippen MR) is 113 cm³/mol. The zero-order valence-electron chi connectivity index (χ0n) is 16.6. The molecule has 6 nitrogen and oxygen atoms in total. The van der Waals surface area contributed by atoms with Crippen molar-refractivity contribution >= 4 is 20.8 Å². The summed E-state index contributed by atoms with van der Waals surface area (Å²) < 4.78 is 53.5. The van der Waals surface area contributed by atoms with Crippen LogP contribution in [0.4, 0.5) is 0 Å². The maximum atomic E-state index is 13.4. The van der Waals surface area contributed by atoms with E-state index in [-0.39, 0.29) is 22.4 Å². The highest BCUT2D eigenvalue weighted by Gasteiger charge is 2.41. The van der Waals surface area contributed by atoms with Crippen LogP contribution in [0, 0.1) is 0 Å². The van der Waals surface area contributed by atoms with Crippen molar-refractivity contribution in [3.05, 3.63) is 59.7 Å². The summed E-state index contributed by atoms with van der Waals surface area (Å²) in [7, 11) is -6.79. The summed E-state index contributed by atoms with van der Waals surface area (Å²) in [5.41, 5.74) is 0.999. The van der Waals surface area contributed by atoms with Gasteiger partial charge in [0, 0.05) is 11.6 Å². The van der Waals surface area contributed by atoms with Gasteiger partial charge in [0.25, 0.3) is 11.0 Å². The van der Waals surface area contributed by atoms with E-state index >= 15 is 0 Å². The number of hydrogen-bond acceptors (Lipinski definition) is 6. The monoisotopic (exact) mass is 437 g/mol. The van der Waals surface area contributed by atoms with E-state index in [1.165, 1.54) is 12.1 Å². The van der Waals surface area contributed by atoms with Crippen molar-refractivity contribution in [1.82, 2.24) is 5.32 Å². The molecule has 8 heteroatoms. The molecule has 1 N–H and O–H groups in total. The fourth-order valence-corrected chi connectivity index (χ4v) is 6.42. The lowest BCUT2D eigenvalue weighted by molar-refractivity contribution is 0.295. The number of rotatable bonds is 7. The van der Waals surface area contributed by atoms with Crippen molar-refractivity contribution in [2.24, 2.45) is 0 Å². The summed E-state index contributed by atoms with van der Waals surface area (Å²) >= 11 is 0. The number of benzene rings is 2. The van der Waals surface area contributed by atoms with Crippen LogP contribution in [0.1, 0.15) is 56.7 Å². The molecule has 2 aromatic carbocycles. The van der Waals surface area contributed by atoms with E-state index in [9.17, 15) is 16.8 Å². The van der Waals surface area contributed by atoms with Gasteiger partial charge < -0.3 is 4.18 Å². The van der Waals surface area contributed by atoms with Crippen LogP contribution in [0.15, 0.2) is 53.4 Å². The number of sulfone groups is 1. The maximum Gasteiger partial charge on any atom is 0.299 e. The molecule has 0 aliphatic carbocycles. The maximum absolute atomic E-state index is 13.4. The van der Waals surface area contributed by atoms with Gasteiger partial charge in [-0.1, -0.05) is 63.1 Å². The Hall–Kier alpha value is -1.90. The van der Waals surface area contributed by atoms with Crippen LogP contribution >= 0.6 is 0 Å². The number of fused-ring (bicyclic) bond motifs is 1. The Morgan fingerprint density at radius 1 is 1.14 bits per heavy atom. The zero-order chi connectivity index (χ0) is 21.1. The Balaban J connectivity index is 2.20. The first kappa shape index (κ1) is 21.8. The Morgan fingerprint density at radius 2 is 1.86 bits per heavy atom. The van der Waals surface area contributed by atoms with E-state index in [2.05, 4.69) is 12.2 Å². The molecule has 2 atom stereocenters. The van der Waals surface area contributed by atoms with Crippen LogP contribution < -0.4 is 9.50 Å². The summed E-state index contributed by atoms with van der Waals surface area (Å²) in [4.78, 5) is 0.125. The van der Waals surface area contributed by atoms with E-state index in [0.29, 0.717) is 12.0 Å². The van der Waals surface area contributed by atoms with Gasteiger partial charge in [0.05, 0.1) is 16.7 Å². The fraction of sp³-hybridized carbons (Fsp3) is 0.429. The first-order valence-corrected chi connectivity index (χ1v) is 12.6. The third-order valence-corrected chi connectivity index (χ3v) is 7.86. The van der Waals surface area contributed by atoms with Gasteiger partial charge in [-0.2, -0.15) is 8.42 Å². The molecule has 1 aliphatic rings. The molecule has 0 fully saturated rings. The van der Waals surface area contributed by atoms with Crippen molar-refractivity contribution in [3.8, 4) is 5.75 Å². The van der Waals surface area contributed by atoms with Crippen molar-refractivity contribution in [2.45, 2.75) is 56.0 Å². The van der Waals surface area contributed by atoms with Crippen molar-refractivity contribution in [2.75, 3.05) is 5.75 Å². The van der Waals surface area contributed by atoms with E-state index < -0.39 is 26.4 Å². The van der Waals surface area contributed by atoms with Gasteiger partial charge in [0.2, 0.25) is 0 Å². The fourth-order valence-electron chi connectivity index (χ4n) is 3.98. The quantitative estimate of drug-likeness (QED) is 0.646. The summed E-state index contributed by atoms with van der Waals surface area (Å²) in [5.74, 6) is -0.0346. The molecule has 0 aromatic heterocycles. The van der Waals surface area contributed by atoms with Crippen LogP contribution in [0.2, 0.25) is 0 Å². The second kappa shape index (κ2) is 8.85. The average Bonchev–Trinajstić information content (AvgIpc) is 2.79. The van der Waals surface area contributed by atoms with Gasteiger partial charge in [-0.05, 0) is 30.0 Å². The molecule has 2 aromatic rings. The van der Waals surface area contributed by atoms with Crippen molar-refractivity contribution in [3.63, 3.8) is 0 Å². The van der Waals surface area contributed by atoms with Crippen molar-refractivity contribution in [1.29, 1.82) is 0 Å². The number of hydrogen-bond donors (Lipinski definition) is 2. The summed E-state index contributed by atoms with van der Waals surface area (Å²) in [6.45, 7) is 4.10. The molecular formula is C21H27NO5S2. The minimum absolute atomic E-state index is 0.00723. The minimum Gasteiger partial charge on any atom is -0.384 e. The molecule has 0 radical (unpaired) electrons. The average molecular weight is 438 g/mol. The third kappa shape index (κ3) is 4.82. The molecular weight excluding hydrogens is 410 g/mol. The van der Waals surface area contributed by atoms with Gasteiger partial charge in [-0.15, -0.1) is 0 Å². The van der Waals surface area contributed by atoms with E-state index in [1.807, 2.05) is 37.3 Å². The highest BCUT2D eigenvalue weighted by molar-refractivity contribution is 7.91. The van der Waals surface area contributed by atoms with Crippen LogP contribution in [0.5, 0.6) is 5.75 Å². The third-order valence-electron chi connectivity index (χ3n) is 5.55. The molecule has 0 saturated carbocycles. The first-order valence-electron chi connectivity index (χ1n) is 9.82. The number of thiol groups is 1. The molecule has 1 aliphatic heterocycles. The molecule has 0 saturated heterocycles. The molecule has 1 heterocycles. The van der Waals surface area contributed by atoms with Gasteiger partial charge in [0.1, 0.15) is 5.75 Å². The Bertz CT molecular complexity index is 1030. The van der Waals surface area contributed by atoms with E-state index in [4.69, 9.17) is 4.18 Å². The van der Waals surface area contributed by atoms with Crippen LogP contribution in [-0.2, 0) is 20.8 Å². The van der Waals surface area contributed by atoms with Gasteiger partial charge in [-0.25, -0.2) is 8.42 Å². The minimum atomic E-state index is -3.67. The SMILES string of the molecule is CCCC[C@]1(CC)CS(=O)(=O)c2cc(O[SH](=O)=O)ccc2[C@@H](c2ccccc2)N1. The van der Waals surface area contributed by atoms with Gasteiger partial charge >= 0.3 is 0 Å². The second-order valence-electron chi connectivity index (χ2n) is 7.50. The summed E-state index contributed by atoms with van der Waals surface area (Å²) in [5, 5.41) is 3.66. The number of unbranched alkanes of at least 4 members (excludes halogenated alkanes) is 1. The Labute approximate surface area is 174 Å². The Morgan fingerprint density at radius 3 is 2.48 bits per heavy atom. The first-order chi connectivity index (χ1) is 13.8. The molecule has 0 amide bonds. The van der Waals surface area contributed by atoms with E-state index in [1.54, 1.807) is 6.07 Å². The molecule has 3 rings (SSSR count). The number of nitrogens with one attached hydrogen (secondary N) is 1. The van der Waals surface area contributed by atoms with Crippen LogP contribution in [-0.4, -0.2) is 28.1 Å². The van der Waals surface area contributed by atoms with Crippen molar-refractivity contribution < 1.29 is 21.0 Å². The lowest BCUT2D eigenvalue weighted by Crippen LogP contribution is -2.50. The Kier molecular flexibility index (Phi) is 6.65. The topological polar surface area (TPSA) is 89.5 Å². The molecule has 29 heavy (non-hydrogen) atoms. The predicted octanol–water partition coefficient (Wildman–Crippen LogP) is 3.40. The molecule has 0 spiro atoms. The smallest absolute Gasteiger partial charge is 0.299 e. The molecule has 0 unspecified atom stereocenters. The summed E-state index contributed by atoms with van der Waals surface area (Å²) in [6, 6.07) is 13.9. The van der Waals surface area contributed by atoms with Crippen LogP contribution in [0.3, 0.4) is 0 Å². The lowest BCUT2D eigenvalue weighted by atomic mass is 9.88. The van der Waals surface area contributed by atoms with Gasteiger partial charge in [0.15, 0.2) is 9.84 Å². The highest BCUT2D eigenvalue weighted by atomic mass is 32.2. The summed E-state index contributed by atoms with van der Waals surface area (Å²) in [6.07, 6.45) is 3.30. The zero-order valence-corrected chi connectivity index (χ0v) is 18.3. The largest absolute Gasteiger partial charge is 0.384 e. The van der Waals surface area contributed by atoms with E-state index in [0.717, 1.165) is 24.8 Å². The normalized spacial score (nSPS) is 23.3. The van der Waals surface area contributed by atoms with Gasteiger partial charge in [-0.3, -0.25) is 5.32 Å². The van der Waals surface area contributed by atoms with Crippen LogP contribution in [0.25, 0.3) is 0 Å². The second-order valence-corrected chi connectivity index (χ2v) is 10.1. The molecule has 158 valence electrons.